The van der Waals surface area contributed by atoms with Crippen molar-refractivity contribution in [2.24, 2.45) is 0 Å². The molecule has 25 heavy (non-hydrogen) atoms. The standard InChI is InChI=1S/C17H19F2N3O2S/c1-9(11-4-6-13(18)14(19)8-11)20-15(23)7-5-12-10(2)21-17(25-3)22-16(12)24/h4,6,8-9H,5,7H2,1-3H3,(H,20,23)(H,21,22,24). The normalized spacial score (nSPS) is 12.0. The van der Waals surface area contributed by atoms with Crippen molar-refractivity contribution in [2.45, 2.75) is 37.9 Å². The summed E-state index contributed by atoms with van der Waals surface area (Å²) in [5, 5.41) is 3.24. The summed E-state index contributed by atoms with van der Waals surface area (Å²) in [4.78, 5) is 31.0. The number of hydrogen-bond acceptors (Lipinski definition) is 4. The molecule has 2 aromatic rings. The van der Waals surface area contributed by atoms with E-state index in [4.69, 9.17) is 0 Å². The van der Waals surface area contributed by atoms with Crippen LogP contribution in [0.2, 0.25) is 0 Å². The Bertz CT molecular complexity index is 839. The number of halogens is 2. The van der Waals surface area contributed by atoms with E-state index in [1.165, 1.54) is 17.8 Å². The fraction of sp³-hybridized carbons (Fsp3) is 0.353. The van der Waals surface area contributed by atoms with Gasteiger partial charge in [-0.3, -0.25) is 9.59 Å². The molecular formula is C17H19F2N3O2S. The van der Waals surface area contributed by atoms with Gasteiger partial charge in [0.25, 0.3) is 5.56 Å². The molecule has 0 fully saturated rings. The van der Waals surface area contributed by atoms with Crippen LogP contribution in [0.5, 0.6) is 0 Å². The highest BCUT2D eigenvalue weighted by atomic mass is 32.2. The topological polar surface area (TPSA) is 74.8 Å². The van der Waals surface area contributed by atoms with Crippen molar-refractivity contribution in [1.82, 2.24) is 15.3 Å². The van der Waals surface area contributed by atoms with Gasteiger partial charge >= 0.3 is 0 Å². The molecule has 0 saturated carbocycles. The van der Waals surface area contributed by atoms with Gasteiger partial charge in [-0.25, -0.2) is 13.8 Å². The molecule has 1 atom stereocenters. The number of carbonyl (C=O) groups excluding carboxylic acids is 1. The van der Waals surface area contributed by atoms with E-state index in [2.05, 4.69) is 15.3 Å². The SMILES string of the molecule is CSc1nc(C)c(CCC(=O)NC(C)c2ccc(F)c(F)c2)c(=O)[nH]1. The molecule has 0 bridgehead atoms. The summed E-state index contributed by atoms with van der Waals surface area (Å²) in [5.41, 5.74) is 1.27. The van der Waals surface area contributed by atoms with Crippen LogP contribution in [-0.4, -0.2) is 22.1 Å². The third-order valence-electron chi connectivity index (χ3n) is 3.82. The maximum absolute atomic E-state index is 13.3. The van der Waals surface area contributed by atoms with Crippen LogP contribution in [0.25, 0.3) is 0 Å². The van der Waals surface area contributed by atoms with E-state index in [-0.39, 0.29) is 24.3 Å². The number of thioether (sulfide) groups is 1. The van der Waals surface area contributed by atoms with Crippen molar-refractivity contribution >= 4 is 17.7 Å². The zero-order chi connectivity index (χ0) is 18.6. The number of nitrogens with one attached hydrogen (secondary N) is 2. The molecule has 134 valence electrons. The third kappa shape index (κ3) is 4.88. The lowest BCUT2D eigenvalue weighted by atomic mass is 10.1. The molecule has 2 N–H and O–H groups in total. The highest BCUT2D eigenvalue weighted by molar-refractivity contribution is 7.98. The van der Waals surface area contributed by atoms with Crippen LogP contribution in [0.4, 0.5) is 8.78 Å². The Balaban J connectivity index is 1.99. The van der Waals surface area contributed by atoms with E-state index in [1.54, 1.807) is 13.8 Å². The first-order chi connectivity index (χ1) is 11.8. The Morgan fingerprint density at radius 1 is 1.36 bits per heavy atom. The van der Waals surface area contributed by atoms with Gasteiger partial charge in [0, 0.05) is 17.7 Å². The number of aromatic amines is 1. The van der Waals surface area contributed by atoms with Crippen molar-refractivity contribution in [2.75, 3.05) is 6.26 Å². The summed E-state index contributed by atoms with van der Waals surface area (Å²) in [5.74, 6) is -2.18. The molecule has 0 aliphatic heterocycles. The first-order valence-electron chi connectivity index (χ1n) is 7.70. The maximum atomic E-state index is 13.3. The van der Waals surface area contributed by atoms with Crippen LogP contribution < -0.4 is 10.9 Å². The Kier molecular flexibility index (Phi) is 6.30. The number of amides is 1. The van der Waals surface area contributed by atoms with Crippen LogP contribution in [0.15, 0.2) is 28.2 Å². The number of carbonyl (C=O) groups is 1. The predicted molar refractivity (Wildman–Crippen MR) is 92.6 cm³/mol. The molecule has 1 amide bonds. The lowest BCUT2D eigenvalue weighted by Crippen LogP contribution is -2.28. The fourth-order valence-corrected chi connectivity index (χ4v) is 2.82. The number of hydrogen-bond donors (Lipinski definition) is 2. The summed E-state index contributed by atoms with van der Waals surface area (Å²) in [6.07, 6.45) is 2.15. The zero-order valence-electron chi connectivity index (χ0n) is 14.2. The maximum Gasteiger partial charge on any atom is 0.254 e. The molecule has 1 heterocycles. The highest BCUT2D eigenvalue weighted by Gasteiger charge is 2.14. The van der Waals surface area contributed by atoms with Crippen molar-refractivity contribution in [3.63, 3.8) is 0 Å². The second-order valence-corrected chi connectivity index (χ2v) is 6.40. The van der Waals surface area contributed by atoms with Crippen molar-refractivity contribution in [3.8, 4) is 0 Å². The quantitative estimate of drug-likeness (QED) is 0.608. The minimum atomic E-state index is -0.958. The summed E-state index contributed by atoms with van der Waals surface area (Å²) >= 11 is 1.34. The number of aromatic nitrogens is 2. The molecule has 0 aliphatic rings. The Hall–Kier alpha value is -2.22. The third-order valence-corrected chi connectivity index (χ3v) is 4.40. The Morgan fingerprint density at radius 3 is 2.68 bits per heavy atom. The van der Waals surface area contributed by atoms with Gasteiger partial charge in [-0.05, 0) is 44.2 Å². The number of aryl methyl sites for hydroxylation is 1. The molecule has 0 radical (unpaired) electrons. The van der Waals surface area contributed by atoms with Gasteiger partial charge in [-0.2, -0.15) is 0 Å². The largest absolute Gasteiger partial charge is 0.350 e. The molecule has 2 rings (SSSR count). The van der Waals surface area contributed by atoms with Gasteiger partial charge in [0.05, 0.1) is 6.04 Å². The number of nitrogens with zero attached hydrogens (tertiary/aromatic N) is 1. The van der Waals surface area contributed by atoms with Gasteiger partial charge in [0.1, 0.15) is 0 Å². The summed E-state index contributed by atoms with van der Waals surface area (Å²) in [6.45, 7) is 3.41. The number of H-pyrrole nitrogens is 1. The van der Waals surface area contributed by atoms with Crippen LogP contribution >= 0.6 is 11.8 Å². The molecule has 1 aromatic heterocycles. The van der Waals surface area contributed by atoms with E-state index in [1.807, 2.05) is 6.26 Å². The average Bonchev–Trinajstić information content (AvgIpc) is 2.56. The molecule has 1 aromatic carbocycles. The first-order valence-corrected chi connectivity index (χ1v) is 8.92. The smallest absolute Gasteiger partial charge is 0.254 e. The van der Waals surface area contributed by atoms with Crippen molar-refractivity contribution in [3.05, 3.63) is 57.0 Å². The van der Waals surface area contributed by atoms with Crippen molar-refractivity contribution in [1.29, 1.82) is 0 Å². The van der Waals surface area contributed by atoms with E-state index in [9.17, 15) is 18.4 Å². The van der Waals surface area contributed by atoms with Gasteiger partial charge < -0.3 is 10.3 Å². The van der Waals surface area contributed by atoms with Gasteiger partial charge in [0.15, 0.2) is 16.8 Å². The number of rotatable bonds is 6. The monoisotopic (exact) mass is 367 g/mol. The van der Waals surface area contributed by atoms with Crippen molar-refractivity contribution < 1.29 is 13.6 Å². The molecule has 0 spiro atoms. The minimum absolute atomic E-state index is 0.0955. The van der Waals surface area contributed by atoms with E-state index in [0.29, 0.717) is 22.0 Å². The van der Waals surface area contributed by atoms with E-state index < -0.39 is 17.7 Å². The van der Waals surface area contributed by atoms with Gasteiger partial charge in [-0.1, -0.05) is 17.8 Å². The number of benzene rings is 1. The minimum Gasteiger partial charge on any atom is -0.350 e. The first kappa shape index (κ1) is 19.1. The van der Waals surface area contributed by atoms with Gasteiger partial charge in [-0.15, -0.1) is 0 Å². The van der Waals surface area contributed by atoms with E-state index >= 15 is 0 Å². The average molecular weight is 367 g/mol. The second kappa shape index (κ2) is 8.24. The summed E-state index contributed by atoms with van der Waals surface area (Å²) in [6, 6.07) is 3.03. The van der Waals surface area contributed by atoms with Gasteiger partial charge in [0.2, 0.25) is 5.91 Å². The summed E-state index contributed by atoms with van der Waals surface area (Å²) in [7, 11) is 0. The molecule has 0 aliphatic carbocycles. The predicted octanol–water partition coefficient (Wildman–Crippen LogP) is 2.89. The highest BCUT2D eigenvalue weighted by Crippen LogP contribution is 2.16. The van der Waals surface area contributed by atoms with Crippen LogP contribution in [0.1, 0.15) is 36.2 Å². The molecule has 5 nitrogen and oxygen atoms in total. The lowest BCUT2D eigenvalue weighted by Gasteiger charge is -2.15. The van der Waals surface area contributed by atoms with Crippen LogP contribution in [0, 0.1) is 18.6 Å². The Morgan fingerprint density at radius 2 is 2.08 bits per heavy atom. The van der Waals surface area contributed by atoms with E-state index in [0.717, 1.165) is 12.1 Å². The summed E-state index contributed by atoms with van der Waals surface area (Å²) < 4.78 is 26.2. The molecule has 1 unspecified atom stereocenters. The fourth-order valence-electron chi connectivity index (χ4n) is 2.39. The van der Waals surface area contributed by atoms with Crippen LogP contribution in [0.3, 0.4) is 0 Å². The lowest BCUT2D eigenvalue weighted by molar-refractivity contribution is -0.121. The second-order valence-electron chi connectivity index (χ2n) is 5.60. The Labute approximate surface area is 148 Å². The zero-order valence-corrected chi connectivity index (χ0v) is 15.0. The molecule has 8 heteroatoms. The molecular weight excluding hydrogens is 348 g/mol. The molecule has 0 saturated heterocycles. The van der Waals surface area contributed by atoms with Crippen LogP contribution in [-0.2, 0) is 11.2 Å².